The zero-order chi connectivity index (χ0) is 14.2. The van der Waals surface area contributed by atoms with Crippen molar-refractivity contribution in [2.24, 2.45) is 5.92 Å². The van der Waals surface area contributed by atoms with Gasteiger partial charge in [-0.05, 0) is 56.1 Å². The van der Waals surface area contributed by atoms with Crippen LogP contribution in [0.4, 0.5) is 0 Å². The molecular formula is C17H28N2O. The summed E-state index contributed by atoms with van der Waals surface area (Å²) in [5.41, 5.74) is 1.33. The molecule has 1 fully saturated rings. The molecule has 3 nitrogen and oxygen atoms in total. The summed E-state index contributed by atoms with van der Waals surface area (Å²) in [6, 6.07) is 8.46. The van der Waals surface area contributed by atoms with Gasteiger partial charge in [-0.2, -0.15) is 0 Å². The van der Waals surface area contributed by atoms with Gasteiger partial charge in [-0.3, -0.25) is 0 Å². The normalized spacial score (nSPS) is 19.4. The largest absolute Gasteiger partial charge is 0.494 e. The average molecular weight is 276 g/mol. The van der Waals surface area contributed by atoms with Crippen molar-refractivity contribution in [3.8, 4) is 5.75 Å². The van der Waals surface area contributed by atoms with Crippen molar-refractivity contribution in [3.05, 3.63) is 29.8 Å². The topological polar surface area (TPSA) is 24.5 Å². The van der Waals surface area contributed by atoms with Crippen LogP contribution in [0.3, 0.4) is 0 Å². The highest BCUT2D eigenvalue weighted by Gasteiger charge is 2.20. The van der Waals surface area contributed by atoms with E-state index in [1.807, 2.05) is 0 Å². The minimum absolute atomic E-state index is 0.799. The van der Waals surface area contributed by atoms with E-state index in [9.17, 15) is 0 Å². The van der Waals surface area contributed by atoms with Gasteiger partial charge in [0.2, 0.25) is 0 Å². The lowest BCUT2D eigenvalue weighted by molar-refractivity contribution is 0.317. The van der Waals surface area contributed by atoms with Crippen LogP contribution in [0.5, 0.6) is 5.75 Å². The van der Waals surface area contributed by atoms with E-state index in [0.717, 1.165) is 37.8 Å². The van der Waals surface area contributed by atoms with Crippen molar-refractivity contribution >= 4 is 0 Å². The SMILES string of the molecule is CCCOc1ccc(CNCC2CCN(CC)C2)cc1. The first kappa shape index (κ1) is 15.3. The van der Waals surface area contributed by atoms with Crippen LogP contribution in [-0.2, 0) is 6.54 Å². The van der Waals surface area contributed by atoms with Crippen LogP contribution in [0.25, 0.3) is 0 Å². The van der Waals surface area contributed by atoms with Crippen molar-refractivity contribution in [3.63, 3.8) is 0 Å². The third-order valence-electron chi connectivity index (χ3n) is 3.98. The number of likely N-dealkylation sites (tertiary alicyclic amines) is 1. The van der Waals surface area contributed by atoms with Gasteiger partial charge < -0.3 is 15.0 Å². The van der Waals surface area contributed by atoms with Gasteiger partial charge in [-0.15, -0.1) is 0 Å². The third-order valence-corrected chi connectivity index (χ3v) is 3.98. The maximum absolute atomic E-state index is 5.59. The van der Waals surface area contributed by atoms with Crippen LogP contribution >= 0.6 is 0 Å². The van der Waals surface area contributed by atoms with E-state index < -0.39 is 0 Å². The maximum atomic E-state index is 5.59. The second-order valence-corrected chi connectivity index (χ2v) is 5.67. The molecule has 1 unspecified atom stereocenters. The number of ether oxygens (including phenoxy) is 1. The number of rotatable bonds is 8. The Bertz CT molecular complexity index is 377. The van der Waals surface area contributed by atoms with Gasteiger partial charge in [0.1, 0.15) is 5.75 Å². The molecule has 0 aliphatic carbocycles. The number of nitrogens with zero attached hydrogens (tertiary/aromatic N) is 1. The first-order chi connectivity index (χ1) is 9.81. The average Bonchev–Trinajstić information content (AvgIpc) is 2.94. The fourth-order valence-electron chi connectivity index (χ4n) is 2.71. The zero-order valence-electron chi connectivity index (χ0n) is 12.9. The van der Waals surface area contributed by atoms with E-state index in [2.05, 4.69) is 48.3 Å². The molecule has 1 saturated heterocycles. The molecule has 1 aromatic carbocycles. The Kier molecular flexibility index (Phi) is 6.34. The number of hydrogen-bond acceptors (Lipinski definition) is 3. The van der Waals surface area contributed by atoms with Crippen LogP contribution < -0.4 is 10.1 Å². The minimum atomic E-state index is 0.799. The van der Waals surface area contributed by atoms with E-state index >= 15 is 0 Å². The van der Waals surface area contributed by atoms with E-state index in [0.29, 0.717) is 0 Å². The molecule has 0 radical (unpaired) electrons. The Morgan fingerprint density at radius 3 is 2.70 bits per heavy atom. The Labute approximate surface area is 123 Å². The molecule has 1 N–H and O–H groups in total. The molecule has 1 heterocycles. The van der Waals surface area contributed by atoms with Gasteiger partial charge in [0.25, 0.3) is 0 Å². The molecule has 1 aliphatic rings. The van der Waals surface area contributed by atoms with Crippen LogP contribution in [0, 0.1) is 5.92 Å². The van der Waals surface area contributed by atoms with Gasteiger partial charge in [-0.25, -0.2) is 0 Å². The van der Waals surface area contributed by atoms with Crippen molar-refractivity contribution in [1.29, 1.82) is 0 Å². The molecule has 0 bridgehead atoms. The maximum Gasteiger partial charge on any atom is 0.119 e. The lowest BCUT2D eigenvalue weighted by atomic mass is 10.1. The van der Waals surface area contributed by atoms with Gasteiger partial charge in [0.15, 0.2) is 0 Å². The molecule has 112 valence electrons. The van der Waals surface area contributed by atoms with E-state index in [4.69, 9.17) is 4.74 Å². The highest BCUT2D eigenvalue weighted by molar-refractivity contribution is 5.27. The molecule has 0 saturated carbocycles. The molecule has 0 aromatic heterocycles. The van der Waals surface area contributed by atoms with Crippen LogP contribution in [0.15, 0.2) is 24.3 Å². The first-order valence-corrected chi connectivity index (χ1v) is 7.96. The molecule has 1 atom stereocenters. The fraction of sp³-hybridized carbons (Fsp3) is 0.647. The van der Waals surface area contributed by atoms with Gasteiger partial charge in [0, 0.05) is 13.1 Å². The molecule has 0 amide bonds. The molecule has 1 aliphatic heterocycles. The summed E-state index contributed by atoms with van der Waals surface area (Å²) < 4.78 is 5.59. The minimum Gasteiger partial charge on any atom is -0.494 e. The predicted octanol–water partition coefficient (Wildman–Crippen LogP) is 2.91. The number of benzene rings is 1. The Morgan fingerprint density at radius 1 is 1.25 bits per heavy atom. The monoisotopic (exact) mass is 276 g/mol. The van der Waals surface area contributed by atoms with Crippen LogP contribution in [-0.4, -0.2) is 37.7 Å². The van der Waals surface area contributed by atoms with Gasteiger partial charge in [0.05, 0.1) is 6.61 Å². The van der Waals surface area contributed by atoms with Crippen molar-refractivity contribution in [2.75, 3.05) is 32.8 Å². The van der Waals surface area contributed by atoms with E-state index in [1.165, 1.54) is 31.6 Å². The second-order valence-electron chi connectivity index (χ2n) is 5.67. The molecule has 2 rings (SSSR count). The van der Waals surface area contributed by atoms with Gasteiger partial charge >= 0.3 is 0 Å². The molecular weight excluding hydrogens is 248 g/mol. The Hall–Kier alpha value is -1.06. The summed E-state index contributed by atoms with van der Waals surface area (Å²) in [6.07, 6.45) is 2.39. The van der Waals surface area contributed by atoms with Gasteiger partial charge in [-0.1, -0.05) is 26.0 Å². The summed E-state index contributed by atoms with van der Waals surface area (Å²) in [5, 5.41) is 3.58. The highest BCUT2D eigenvalue weighted by atomic mass is 16.5. The first-order valence-electron chi connectivity index (χ1n) is 7.96. The third kappa shape index (κ3) is 4.80. The molecule has 20 heavy (non-hydrogen) atoms. The molecule has 3 heteroatoms. The molecule has 0 spiro atoms. The molecule has 1 aromatic rings. The fourth-order valence-corrected chi connectivity index (χ4v) is 2.71. The lowest BCUT2D eigenvalue weighted by Crippen LogP contribution is -2.26. The smallest absolute Gasteiger partial charge is 0.119 e. The second kappa shape index (κ2) is 8.28. The Morgan fingerprint density at radius 2 is 2.05 bits per heavy atom. The van der Waals surface area contributed by atoms with E-state index in [-0.39, 0.29) is 0 Å². The van der Waals surface area contributed by atoms with Crippen LogP contribution in [0.2, 0.25) is 0 Å². The van der Waals surface area contributed by atoms with Crippen molar-refractivity contribution < 1.29 is 4.74 Å². The van der Waals surface area contributed by atoms with Crippen LogP contribution in [0.1, 0.15) is 32.3 Å². The lowest BCUT2D eigenvalue weighted by Gasteiger charge is -2.14. The zero-order valence-corrected chi connectivity index (χ0v) is 12.9. The summed E-state index contributed by atoms with van der Waals surface area (Å²) in [5.74, 6) is 1.80. The Balaban J connectivity index is 1.66. The number of hydrogen-bond donors (Lipinski definition) is 1. The number of nitrogens with one attached hydrogen (secondary N) is 1. The summed E-state index contributed by atoms with van der Waals surface area (Å²) in [7, 11) is 0. The summed E-state index contributed by atoms with van der Waals surface area (Å²) in [6.45, 7) is 11.0. The summed E-state index contributed by atoms with van der Waals surface area (Å²) >= 11 is 0. The van der Waals surface area contributed by atoms with E-state index in [1.54, 1.807) is 0 Å². The standard InChI is InChI=1S/C17H28N2O/c1-3-11-20-17-7-5-15(6-8-17)12-18-13-16-9-10-19(4-2)14-16/h5-8,16,18H,3-4,9-14H2,1-2H3. The predicted molar refractivity (Wildman–Crippen MR) is 84.2 cm³/mol. The quantitative estimate of drug-likeness (QED) is 0.790. The van der Waals surface area contributed by atoms with Crippen molar-refractivity contribution in [1.82, 2.24) is 10.2 Å². The van der Waals surface area contributed by atoms with Crippen molar-refractivity contribution in [2.45, 2.75) is 33.2 Å². The summed E-state index contributed by atoms with van der Waals surface area (Å²) in [4.78, 5) is 2.53. The highest BCUT2D eigenvalue weighted by Crippen LogP contribution is 2.15.